The summed E-state index contributed by atoms with van der Waals surface area (Å²) in [4.78, 5) is 0. The third-order valence-electron chi connectivity index (χ3n) is 2.86. The third kappa shape index (κ3) is 3.13. The van der Waals surface area contributed by atoms with Crippen LogP contribution in [0.4, 0.5) is 0 Å². The molecule has 5 nitrogen and oxygen atoms in total. The normalized spacial score (nSPS) is 10.7. The van der Waals surface area contributed by atoms with E-state index in [1.165, 1.54) is 0 Å². The zero-order valence-electron chi connectivity index (χ0n) is 11.2. The zero-order valence-corrected chi connectivity index (χ0v) is 11.2. The van der Waals surface area contributed by atoms with Gasteiger partial charge < -0.3 is 19.7 Å². The first-order valence-electron chi connectivity index (χ1n) is 6.13. The van der Waals surface area contributed by atoms with Gasteiger partial charge in [0.15, 0.2) is 5.76 Å². The van der Waals surface area contributed by atoms with Crippen LogP contribution in [0.1, 0.15) is 11.3 Å². The maximum absolute atomic E-state index is 5.71. The highest BCUT2D eigenvalue weighted by Crippen LogP contribution is 2.27. The number of aryl methyl sites for hydroxylation is 1. The average molecular weight is 262 g/mol. The van der Waals surface area contributed by atoms with Crippen LogP contribution in [0.3, 0.4) is 0 Å². The molecule has 0 aliphatic carbocycles. The Morgan fingerprint density at radius 3 is 2.58 bits per heavy atom. The molecule has 5 heteroatoms. The van der Waals surface area contributed by atoms with Crippen LogP contribution in [0.25, 0.3) is 11.3 Å². The number of hydrogen-bond acceptors (Lipinski definition) is 5. The summed E-state index contributed by atoms with van der Waals surface area (Å²) in [6, 6.07) is 7.65. The summed E-state index contributed by atoms with van der Waals surface area (Å²) in [5.41, 5.74) is 8.42. The van der Waals surface area contributed by atoms with E-state index >= 15 is 0 Å². The van der Waals surface area contributed by atoms with Gasteiger partial charge in [-0.25, -0.2) is 0 Å². The van der Waals surface area contributed by atoms with Gasteiger partial charge in [-0.2, -0.15) is 0 Å². The molecule has 0 spiro atoms. The van der Waals surface area contributed by atoms with Gasteiger partial charge in [0.25, 0.3) is 0 Å². The van der Waals surface area contributed by atoms with Crippen LogP contribution >= 0.6 is 0 Å². The molecule has 0 fully saturated rings. The van der Waals surface area contributed by atoms with Crippen LogP contribution in [0, 0.1) is 6.92 Å². The quantitative estimate of drug-likeness (QED) is 0.807. The Bertz CT molecular complexity index is 520. The summed E-state index contributed by atoms with van der Waals surface area (Å²) in [6.07, 6.45) is 0. The van der Waals surface area contributed by atoms with E-state index in [-0.39, 0.29) is 0 Å². The van der Waals surface area contributed by atoms with Crippen molar-refractivity contribution in [3.8, 4) is 17.1 Å². The molecule has 0 saturated heterocycles. The molecule has 0 aliphatic rings. The van der Waals surface area contributed by atoms with Crippen LogP contribution in [0.15, 0.2) is 28.8 Å². The van der Waals surface area contributed by atoms with Crippen LogP contribution in [0.5, 0.6) is 5.75 Å². The van der Waals surface area contributed by atoms with Crippen LogP contribution in [-0.4, -0.2) is 25.5 Å². The van der Waals surface area contributed by atoms with Crippen molar-refractivity contribution in [2.24, 2.45) is 5.73 Å². The summed E-state index contributed by atoms with van der Waals surface area (Å²) in [5, 5.41) is 3.94. The monoisotopic (exact) mass is 262 g/mol. The number of benzene rings is 1. The Morgan fingerprint density at radius 1 is 1.21 bits per heavy atom. The maximum atomic E-state index is 5.71. The first kappa shape index (κ1) is 13.6. The Balaban J connectivity index is 2.13. The molecule has 2 rings (SSSR count). The molecule has 2 aromatic rings. The lowest BCUT2D eigenvalue weighted by Gasteiger charge is -2.06. The van der Waals surface area contributed by atoms with Gasteiger partial charge in [-0.3, -0.25) is 0 Å². The summed E-state index contributed by atoms with van der Waals surface area (Å²) in [7, 11) is 1.65. The van der Waals surface area contributed by atoms with Crippen molar-refractivity contribution < 1.29 is 14.0 Å². The average Bonchev–Trinajstić information content (AvgIpc) is 2.81. The molecular weight excluding hydrogens is 244 g/mol. The van der Waals surface area contributed by atoms with Crippen molar-refractivity contribution in [2.45, 2.75) is 13.5 Å². The van der Waals surface area contributed by atoms with Gasteiger partial charge >= 0.3 is 0 Å². The van der Waals surface area contributed by atoms with E-state index in [2.05, 4.69) is 5.16 Å². The van der Waals surface area contributed by atoms with Crippen molar-refractivity contribution in [3.05, 3.63) is 35.5 Å². The van der Waals surface area contributed by atoms with E-state index in [0.717, 1.165) is 28.3 Å². The number of nitrogens with zero attached hydrogens (tertiary/aromatic N) is 1. The minimum atomic E-state index is 0.413. The Hall–Kier alpha value is -1.85. The summed E-state index contributed by atoms with van der Waals surface area (Å²) < 4.78 is 15.8. The molecule has 0 unspecified atom stereocenters. The van der Waals surface area contributed by atoms with Crippen LogP contribution in [-0.2, 0) is 11.3 Å². The number of ether oxygens (including phenoxy) is 2. The first-order valence-corrected chi connectivity index (χ1v) is 6.13. The van der Waals surface area contributed by atoms with Gasteiger partial charge in [0.05, 0.1) is 12.3 Å². The molecule has 0 saturated carbocycles. The molecule has 0 bridgehead atoms. The van der Waals surface area contributed by atoms with E-state index in [4.69, 9.17) is 19.7 Å². The van der Waals surface area contributed by atoms with Crippen molar-refractivity contribution in [2.75, 3.05) is 20.3 Å². The zero-order chi connectivity index (χ0) is 13.7. The van der Waals surface area contributed by atoms with Crippen molar-refractivity contribution >= 4 is 0 Å². The van der Waals surface area contributed by atoms with Crippen molar-refractivity contribution in [1.29, 1.82) is 0 Å². The van der Waals surface area contributed by atoms with E-state index in [9.17, 15) is 0 Å². The first-order chi connectivity index (χ1) is 9.26. The third-order valence-corrected chi connectivity index (χ3v) is 2.86. The van der Waals surface area contributed by atoms with Crippen LogP contribution < -0.4 is 10.5 Å². The lowest BCUT2D eigenvalue weighted by Crippen LogP contribution is -2.04. The van der Waals surface area contributed by atoms with Gasteiger partial charge in [0, 0.05) is 24.8 Å². The predicted molar refractivity (Wildman–Crippen MR) is 71.9 cm³/mol. The van der Waals surface area contributed by atoms with Crippen LogP contribution in [0.2, 0.25) is 0 Å². The van der Waals surface area contributed by atoms with Gasteiger partial charge in [0.1, 0.15) is 12.4 Å². The fourth-order valence-electron chi connectivity index (χ4n) is 1.80. The highest BCUT2D eigenvalue weighted by Gasteiger charge is 2.13. The lowest BCUT2D eigenvalue weighted by atomic mass is 10.1. The smallest absolute Gasteiger partial charge is 0.171 e. The molecule has 1 heterocycles. The topological polar surface area (TPSA) is 70.5 Å². The maximum Gasteiger partial charge on any atom is 0.171 e. The molecule has 1 aromatic heterocycles. The van der Waals surface area contributed by atoms with Crippen molar-refractivity contribution in [1.82, 2.24) is 5.16 Å². The summed E-state index contributed by atoms with van der Waals surface area (Å²) in [5.74, 6) is 1.52. The second-order valence-corrected chi connectivity index (χ2v) is 4.15. The lowest BCUT2D eigenvalue weighted by molar-refractivity contribution is 0.146. The molecule has 19 heavy (non-hydrogen) atoms. The highest BCUT2D eigenvalue weighted by molar-refractivity contribution is 5.62. The van der Waals surface area contributed by atoms with E-state index in [1.54, 1.807) is 7.11 Å². The predicted octanol–water partition coefficient (Wildman–Crippen LogP) is 2.13. The Labute approximate surface area is 112 Å². The second-order valence-electron chi connectivity index (χ2n) is 4.15. The number of rotatable bonds is 6. The molecule has 0 radical (unpaired) electrons. The molecule has 1 aromatic carbocycles. The molecule has 0 amide bonds. The van der Waals surface area contributed by atoms with Gasteiger partial charge in [-0.15, -0.1) is 0 Å². The van der Waals surface area contributed by atoms with E-state index in [1.807, 2.05) is 31.2 Å². The van der Waals surface area contributed by atoms with Gasteiger partial charge in [-0.05, 0) is 31.2 Å². The molecule has 0 aliphatic heterocycles. The number of hydrogen-bond donors (Lipinski definition) is 1. The molecule has 102 valence electrons. The minimum Gasteiger partial charge on any atom is -0.491 e. The molecule has 0 atom stereocenters. The number of nitrogens with two attached hydrogens (primary N) is 1. The fraction of sp³-hybridized carbons (Fsp3) is 0.357. The summed E-state index contributed by atoms with van der Waals surface area (Å²) >= 11 is 0. The number of aromatic nitrogens is 1. The molecular formula is C14H18N2O3. The molecule has 2 N–H and O–H groups in total. The standard InChI is InChI=1S/C14H18N2O3/c1-10-13(9-15)14(19-16-10)11-3-5-12(6-4-11)18-8-7-17-2/h3-6H,7-9,15H2,1-2H3. The van der Waals surface area contributed by atoms with Gasteiger partial charge in [-0.1, -0.05) is 5.16 Å². The second kappa shape index (κ2) is 6.36. The highest BCUT2D eigenvalue weighted by atomic mass is 16.5. The van der Waals surface area contributed by atoms with E-state index in [0.29, 0.717) is 19.8 Å². The SMILES string of the molecule is COCCOc1ccc(-c2onc(C)c2CN)cc1. The van der Waals surface area contributed by atoms with E-state index < -0.39 is 0 Å². The van der Waals surface area contributed by atoms with Gasteiger partial charge in [0.2, 0.25) is 0 Å². The number of methoxy groups -OCH3 is 1. The Kier molecular flexibility index (Phi) is 4.54. The largest absolute Gasteiger partial charge is 0.491 e. The fourth-order valence-corrected chi connectivity index (χ4v) is 1.80. The van der Waals surface area contributed by atoms with Crippen molar-refractivity contribution in [3.63, 3.8) is 0 Å². The minimum absolute atomic E-state index is 0.413. The Morgan fingerprint density at radius 2 is 1.95 bits per heavy atom. The summed E-state index contributed by atoms with van der Waals surface area (Å²) in [6.45, 7) is 3.40.